The van der Waals surface area contributed by atoms with Crippen molar-refractivity contribution in [3.63, 3.8) is 0 Å². The Hall–Kier alpha value is -0.530. The lowest BCUT2D eigenvalue weighted by Crippen LogP contribution is -2.11. The van der Waals surface area contributed by atoms with E-state index in [9.17, 15) is 0 Å². The lowest BCUT2D eigenvalue weighted by atomic mass is 10.1. The first-order chi connectivity index (χ1) is 4.84. The quantitative estimate of drug-likeness (QED) is 0.721. The van der Waals surface area contributed by atoms with Gasteiger partial charge in [-0.2, -0.15) is 0 Å². The third kappa shape index (κ3) is 2.91. The van der Waals surface area contributed by atoms with E-state index < -0.39 is 0 Å². The average molecular weight is 172 g/mol. The van der Waals surface area contributed by atoms with Crippen LogP contribution in [0.2, 0.25) is 0 Å². The van der Waals surface area contributed by atoms with E-state index in [1.54, 1.807) is 0 Å². The van der Waals surface area contributed by atoms with Gasteiger partial charge < -0.3 is 5.32 Å². The van der Waals surface area contributed by atoms with Gasteiger partial charge in [0.05, 0.1) is 0 Å². The third-order valence-corrected chi connectivity index (χ3v) is 1.73. The van der Waals surface area contributed by atoms with Crippen molar-refractivity contribution in [2.24, 2.45) is 0 Å². The Balaban J connectivity index is 0.000001000. The molecule has 1 nitrogen and oxygen atoms in total. The molecule has 0 aliphatic rings. The zero-order chi connectivity index (χ0) is 7.40. The zero-order valence-electron chi connectivity index (χ0n) is 6.87. The van der Waals surface area contributed by atoms with Crippen LogP contribution < -0.4 is 5.32 Å². The molecule has 1 aromatic carbocycles. The standard InChI is InChI=1S/C9H13N.ClH/c1-8(10-2)9-6-4-3-5-7-9;/h3-8,10H,1-2H3;1H. The Morgan fingerprint density at radius 3 is 2.18 bits per heavy atom. The Bertz CT molecular complexity index is 186. The van der Waals surface area contributed by atoms with Gasteiger partial charge in [0.1, 0.15) is 0 Å². The number of rotatable bonds is 2. The second-order valence-corrected chi connectivity index (χ2v) is 2.42. The Labute approximate surface area is 74.2 Å². The van der Waals surface area contributed by atoms with Gasteiger partial charge in [-0.1, -0.05) is 30.3 Å². The molecule has 1 rings (SSSR count). The van der Waals surface area contributed by atoms with Crippen LogP contribution in [0.15, 0.2) is 30.3 Å². The lowest BCUT2D eigenvalue weighted by molar-refractivity contribution is 0.652. The second kappa shape index (κ2) is 5.16. The molecular weight excluding hydrogens is 158 g/mol. The van der Waals surface area contributed by atoms with Gasteiger partial charge in [0.2, 0.25) is 0 Å². The molecule has 1 aromatic rings. The Kier molecular flexibility index (Phi) is 4.92. The predicted molar refractivity (Wildman–Crippen MR) is 51.2 cm³/mol. The number of benzene rings is 1. The van der Waals surface area contributed by atoms with Crippen LogP contribution in [-0.4, -0.2) is 7.05 Å². The number of hydrogen-bond acceptors (Lipinski definition) is 1. The number of hydrogen-bond donors (Lipinski definition) is 1. The summed E-state index contributed by atoms with van der Waals surface area (Å²) < 4.78 is 0. The summed E-state index contributed by atoms with van der Waals surface area (Å²) in [6, 6.07) is 10.9. The van der Waals surface area contributed by atoms with Crippen LogP contribution in [0.4, 0.5) is 0 Å². The molecule has 62 valence electrons. The summed E-state index contributed by atoms with van der Waals surface area (Å²) >= 11 is 0. The molecule has 0 fully saturated rings. The van der Waals surface area contributed by atoms with E-state index in [1.807, 2.05) is 13.1 Å². The minimum Gasteiger partial charge on any atom is -0.313 e. The van der Waals surface area contributed by atoms with Crippen molar-refractivity contribution in [3.8, 4) is 0 Å². The van der Waals surface area contributed by atoms with Crippen LogP contribution in [0.5, 0.6) is 0 Å². The van der Waals surface area contributed by atoms with Crippen molar-refractivity contribution >= 4 is 12.4 Å². The highest BCUT2D eigenvalue weighted by Crippen LogP contribution is 2.09. The smallest absolute Gasteiger partial charge is 0.0289 e. The van der Waals surface area contributed by atoms with Crippen LogP contribution in [0.25, 0.3) is 0 Å². The van der Waals surface area contributed by atoms with Crippen molar-refractivity contribution in [2.45, 2.75) is 13.0 Å². The van der Waals surface area contributed by atoms with Gasteiger partial charge in [0.15, 0.2) is 0 Å². The van der Waals surface area contributed by atoms with E-state index in [4.69, 9.17) is 0 Å². The molecular formula is C9H14ClN. The normalized spacial score (nSPS) is 11.8. The number of halogens is 1. The Morgan fingerprint density at radius 1 is 1.18 bits per heavy atom. The third-order valence-electron chi connectivity index (χ3n) is 1.73. The van der Waals surface area contributed by atoms with Gasteiger partial charge in [-0.25, -0.2) is 0 Å². The summed E-state index contributed by atoms with van der Waals surface area (Å²) in [5, 5.41) is 3.18. The molecule has 2 heteroatoms. The van der Waals surface area contributed by atoms with Crippen LogP contribution in [0.3, 0.4) is 0 Å². The molecule has 0 aliphatic carbocycles. The van der Waals surface area contributed by atoms with E-state index >= 15 is 0 Å². The van der Waals surface area contributed by atoms with Crippen molar-refractivity contribution in [1.82, 2.24) is 5.32 Å². The summed E-state index contributed by atoms with van der Waals surface area (Å²) in [7, 11) is 1.97. The van der Waals surface area contributed by atoms with E-state index in [0.29, 0.717) is 6.04 Å². The molecule has 0 heterocycles. The minimum absolute atomic E-state index is 0. The summed E-state index contributed by atoms with van der Waals surface area (Å²) in [5.41, 5.74) is 1.34. The summed E-state index contributed by atoms with van der Waals surface area (Å²) in [4.78, 5) is 0. The van der Waals surface area contributed by atoms with Gasteiger partial charge >= 0.3 is 0 Å². The van der Waals surface area contributed by atoms with Gasteiger partial charge in [-0.3, -0.25) is 0 Å². The van der Waals surface area contributed by atoms with E-state index in [2.05, 4.69) is 36.5 Å². The van der Waals surface area contributed by atoms with E-state index in [0.717, 1.165) is 0 Å². The molecule has 0 radical (unpaired) electrons. The summed E-state index contributed by atoms with van der Waals surface area (Å²) in [6.07, 6.45) is 0. The first kappa shape index (κ1) is 10.5. The van der Waals surface area contributed by atoms with Gasteiger partial charge in [-0.15, -0.1) is 12.4 Å². The van der Waals surface area contributed by atoms with Crippen molar-refractivity contribution in [2.75, 3.05) is 7.05 Å². The molecule has 0 saturated heterocycles. The molecule has 1 atom stereocenters. The zero-order valence-corrected chi connectivity index (χ0v) is 7.69. The lowest BCUT2D eigenvalue weighted by Gasteiger charge is -2.08. The maximum absolute atomic E-state index is 3.18. The molecule has 0 aromatic heterocycles. The predicted octanol–water partition coefficient (Wildman–Crippen LogP) is 2.39. The van der Waals surface area contributed by atoms with Crippen LogP contribution in [0.1, 0.15) is 18.5 Å². The number of nitrogens with one attached hydrogen (secondary N) is 1. The molecule has 0 spiro atoms. The summed E-state index contributed by atoms with van der Waals surface area (Å²) in [6.45, 7) is 2.15. The maximum atomic E-state index is 3.18. The highest BCUT2D eigenvalue weighted by molar-refractivity contribution is 5.85. The molecule has 1 N–H and O–H groups in total. The molecule has 0 amide bonds. The van der Waals surface area contributed by atoms with E-state index in [1.165, 1.54) is 5.56 Å². The minimum atomic E-state index is 0. The molecule has 11 heavy (non-hydrogen) atoms. The van der Waals surface area contributed by atoms with Crippen LogP contribution in [-0.2, 0) is 0 Å². The first-order valence-electron chi connectivity index (χ1n) is 3.57. The molecule has 0 bridgehead atoms. The molecule has 1 unspecified atom stereocenters. The van der Waals surface area contributed by atoms with Gasteiger partial charge in [-0.05, 0) is 19.5 Å². The second-order valence-electron chi connectivity index (χ2n) is 2.42. The van der Waals surface area contributed by atoms with E-state index in [-0.39, 0.29) is 12.4 Å². The summed E-state index contributed by atoms with van der Waals surface area (Å²) in [5.74, 6) is 0. The SMILES string of the molecule is CNC(C)c1ccccc1.Cl. The highest BCUT2D eigenvalue weighted by Gasteiger charge is 1.97. The highest BCUT2D eigenvalue weighted by atomic mass is 35.5. The maximum Gasteiger partial charge on any atom is 0.0289 e. The largest absolute Gasteiger partial charge is 0.313 e. The monoisotopic (exact) mass is 171 g/mol. The van der Waals surface area contributed by atoms with Gasteiger partial charge in [0.25, 0.3) is 0 Å². The van der Waals surface area contributed by atoms with Crippen LogP contribution in [0, 0.1) is 0 Å². The fourth-order valence-corrected chi connectivity index (χ4v) is 0.908. The fourth-order valence-electron chi connectivity index (χ4n) is 0.908. The topological polar surface area (TPSA) is 12.0 Å². The van der Waals surface area contributed by atoms with Crippen molar-refractivity contribution < 1.29 is 0 Å². The van der Waals surface area contributed by atoms with Gasteiger partial charge in [0, 0.05) is 6.04 Å². The first-order valence-corrected chi connectivity index (χ1v) is 3.57. The van der Waals surface area contributed by atoms with Crippen molar-refractivity contribution in [3.05, 3.63) is 35.9 Å². The van der Waals surface area contributed by atoms with Crippen molar-refractivity contribution in [1.29, 1.82) is 0 Å². The fraction of sp³-hybridized carbons (Fsp3) is 0.333. The van der Waals surface area contributed by atoms with Crippen LogP contribution >= 0.6 is 12.4 Å². The molecule has 0 aliphatic heterocycles. The average Bonchev–Trinajstić information content (AvgIpc) is 2.05. The molecule has 0 saturated carbocycles. The Morgan fingerprint density at radius 2 is 1.73 bits per heavy atom.